The van der Waals surface area contributed by atoms with Crippen molar-refractivity contribution in [2.45, 2.75) is 6.61 Å². The molecule has 0 N–H and O–H groups in total. The number of ether oxygens (including phenoxy) is 2. The molecule has 2 aromatic rings. The summed E-state index contributed by atoms with van der Waals surface area (Å²) in [7, 11) is 1.24. The molecule has 0 amide bonds. The van der Waals surface area contributed by atoms with Crippen molar-refractivity contribution in [3.63, 3.8) is 0 Å². The van der Waals surface area contributed by atoms with Crippen molar-refractivity contribution in [2.75, 3.05) is 7.11 Å². The maximum Gasteiger partial charge on any atom is 0.373 e. The molecule has 0 radical (unpaired) electrons. The van der Waals surface area contributed by atoms with E-state index in [1.54, 1.807) is 0 Å². The average molecular weight is 330 g/mol. The molecule has 8 heteroatoms. The number of hydrogen-bond donors (Lipinski definition) is 0. The van der Waals surface area contributed by atoms with E-state index >= 15 is 0 Å². The van der Waals surface area contributed by atoms with Crippen LogP contribution in [0.5, 0.6) is 0 Å². The highest BCUT2D eigenvalue weighted by Gasteiger charge is 2.14. The standard InChI is InChI=1S/C13H9Cl2NO5/c1-19-13(18)10-3-2-8(21-10)6-20-12(17)7-4-9(14)11(15)16-5-7/h2-5H,6H2,1H3. The Morgan fingerprint density at radius 1 is 1.29 bits per heavy atom. The Balaban J connectivity index is 1.99. The number of hydrogen-bond acceptors (Lipinski definition) is 6. The maximum atomic E-state index is 11.8. The van der Waals surface area contributed by atoms with E-state index in [0.717, 1.165) is 0 Å². The van der Waals surface area contributed by atoms with Gasteiger partial charge in [0.2, 0.25) is 5.76 Å². The number of carbonyl (C=O) groups is 2. The van der Waals surface area contributed by atoms with Crippen molar-refractivity contribution in [3.8, 4) is 0 Å². The summed E-state index contributed by atoms with van der Waals surface area (Å²) in [4.78, 5) is 26.7. The molecule has 21 heavy (non-hydrogen) atoms. The molecule has 0 unspecified atom stereocenters. The maximum absolute atomic E-state index is 11.8. The second-order valence-corrected chi connectivity index (χ2v) is 4.60. The van der Waals surface area contributed by atoms with E-state index in [2.05, 4.69) is 9.72 Å². The van der Waals surface area contributed by atoms with E-state index in [0.29, 0.717) is 5.76 Å². The molecule has 0 spiro atoms. The Bertz CT molecular complexity index is 683. The molecule has 0 aliphatic carbocycles. The van der Waals surface area contributed by atoms with Crippen molar-refractivity contribution in [2.24, 2.45) is 0 Å². The van der Waals surface area contributed by atoms with Gasteiger partial charge in [0, 0.05) is 6.20 Å². The number of halogens is 2. The fourth-order valence-electron chi connectivity index (χ4n) is 1.42. The molecule has 0 aliphatic rings. The van der Waals surface area contributed by atoms with Crippen molar-refractivity contribution < 1.29 is 23.5 Å². The quantitative estimate of drug-likeness (QED) is 0.633. The zero-order chi connectivity index (χ0) is 15.4. The van der Waals surface area contributed by atoms with Gasteiger partial charge in [-0.2, -0.15) is 0 Å². The van der Waals surface area contributed by atoms with Crippen LogP contribution in [-0.4, -0.2) is 24.0 Å². The van der Waals surface area contributed by atoms with Gasteiger partial charge < -0.3 is 13.9 Å². The zero-order valence-electron chi connectivity index (χ0n) is 10.8. The summed E-state index contributed by atoms with van der Waals surface area (Å²) in [5.74, 6) is -0.921. The number of carbonyl (C=O) groups excluding carboxylic acids is 2. The van der Waals surface area contributed by atoms with Gasteiger partial charge in [0.15, 0.2) is 0 Å². The summed E-state index contributed by atoms with van der Waals surface area (Å²) in [6, 6.07) is 4.28. The van der Waals surface area contributed by atoms with Gasteiger partial charge in [-0.05, 0) is 18.2 Å². The number of nitrogens with zero attached hydrogens (tertiary/aromatic N) is 1. The van der Waals surface area contributed by atoms with Crippen LogP contribution in [0.25, 0.3) is 0 Å². The predicted molar refractivity (Wildman–Crippen MR) is 73.4 cm³/mol. The molecule has 0 atom stereocenters. The highest BCUT2D eigenvalue weighted by atomic mass is 35.5. The summed E-state index contributed by atoms with van der Waals surface area (Å²) in [6.45, 7) is -0.143. The first-order valence-corrected chi connectivity index (χ1v) is 6.42. The number of rotatable bonds is 4. The van der Waals surface area contributed by atoms with E-state index in [1.807, 2.05) is 0 Å². The molecule has 6 nitrogen and oxygen atoms in total. The molecule has 0 fully saturated rings. The monoisotopic (exact) mass is 329 g/mol. The van der Waals surface area contributed by atoms with Gasteiger partial charge >= 0.3 is 11.9 Å². The van der Waals surface area contributed by atoms with Gasteiger partial charge in [-0.3, -0.25) is 0 Å². The summed E-state index contributed by atoms with van der Waals surface area (Å²) in [5, 5.41) is 0.249. The fourth-order valence-corrected chi connectivity index (χ4v) is 1.69. The van der Waals surface area contributed by atoms with Crippen LogP contribution in [0.2, 0.25) is 10.2 Å². The Kier molecular flexibility index (Phi) is 4.82. The second kappa shape index (κ2) is 6.60. The third-order valence-corrected chi connectivity index (χ3v) is 3.11. The van der Waals surface area contributed by atoms with Gasteiger partial charge in [-0.25, -0.2) is 14.6 Å². The van der Waals surface area contributed by atoms with E-state index in [4.69, 9.17) is 32.4 Å². The lowest BCUT2D eigenvalue weighted by molar-refractivity contribution is 0.0438. The molecule has 2 heterocycles. The molecule has 2 aromatic heterocycles. The fraction of sp³-hybridized carbons (Fsp3) is 0.154. The van der Waals surface area contributed by atoms with Crippen LogP contribution in [0.3, 0.4) is 0 Å². The molecule has 0 saturated carbocycles. The highest BCUT2D eigenvalue weighted by molar-refractivity contribution is 6.41. The van der Waals surface area contributed by atoms with Gasteiger partial charge in [0.05, 0.1) is 17.7 Å². The predicted octanol–water partition coefficient (Wildman–Crippen LogP) is 3.13. The summed E-state index contributed by atoms with van der Waals surface area (Å²) < 4.78 is 14.7. The molecule has 0 aliphatic heterocycles. The largest absolute Gasteiger partial charge is 0.463 e. The lowest BCUT2D eigenvalue weighted by Crippen LogP contribution is -2.05. The Morgan fingerprint density at radius 3 is 2.71 bits per heavy atom. The van der Waals surface area contributed by atoms with Crippen molar-refractivity contribution in [1.82, 2.24) is 4.98 Å². The van der Waals surface area contributed by atoms with Crippen LogP contribution >= 0.6 is 23.2 Å². The Hall–Kier alpha value is -2.05. The third-order valence-electron chi connectivity index (χ3n) is 2.43. The summed E-state index contributed by atoms with van der Waals surface area (Å²) in [6.07, 6.45) is 1.25. The second-order valence-electron chi connectivity index (χ2n) is 3.83. The number of methoxy groups -OCH3 is 1. The van der Waals surface area contributed by atoms with E-state index < -0.39 is 11.9 Å². The number of pyridine rings is 1. The first-order valence-electron chi connectivity index (χ1n) is 5.66. The number of aromatic nitrogens is 1. The van der Waals surface area contributed by atoms with E-state index in [9.17, 15) is 9.59 Å². The lowest BCUT2D eigenvalue weighted by Gasteiger charge is -2.03. The molecule has 0 bridgehead atoms. The summed E-state index contributed by atoms with van der Waals surface area (Å²) >= 11 is 11.4. The Morgan fingerprint density at radius 2 is 2.05 bits per heavy atom. The van der Waals surface area contributed by atoms with Crippen molar-refractivity contribution in [1.29, 1.82) is 0 Å². The van der Waals surface area contributed by atoms with Gasteiger partial charge in [-0.15, -0.1) is 0 Å². The minimum Gasteiger partial charge on any atom is -0.463 e. The first kappa shape index (κ1) is 15.3. The minimum atomic E-state index is -0.642. The average Bonchev–Trinajstić information content (AvgIpc) is 2.95. The SMILES string of the molecule is COC(=O)c1ccc(COC(=O)c2cnc(Cl)c(Cl)c2)o1. The molecule has 0 aromatic carbocycles. The smallest absolute Gasteiger partial charge is 0.373 e. The van der Waals surface area contributed by atoms with Crippen LogP contribution in [-0.2, 0) is 16.1 Å². The van der Waals surface area contributed by atoms with Gasteiger partial charge in [0.25, 0.3) is 0 Å². The normalized spacial score (nSPS) is 10.2. The molecular formula is C13H9Cl2NO5. The Labute approximate surface area is 129 Å². The summed E-state index contributed by atoms with van der Waals surface area (Å²) in [5.41, 5.74) is 0.157. The topological polar surface area (TPSA) is 78.6 Å². The van der Waals surface area contributed by atoms with Crippen LogP contribution in [0.4, 0.5) is 0 Å². The van der Waals surface area contributed by atoms with Crippen molar-refractivity contribution in [3.05, 3.63) is 51.7 Å². The molecular weight excluding hydrogens is 321 g/mol. The highest BCUT2D eigenvalue weighted by Crippen LogP contribution is 2.20. The zero-order valence-corrected chi connectivity index (χ0v) is 12.3. The molecule has 110 valence electrons. The minimum absolute atomic E-state index is 0.0275. The number of furan rings is 1. The van der Waals surface area contributed by atoms with Gasteiger partial charge in [0.1, 0.15) is 17.5 Å². The third kappa shape index (κ3) is 3.74. The first-order chi connectivity index (χ1) is 10.0. The number of esters is 2. The van der Waals surface area contributed by atoms with Crippen LogP contribution < -0.4 is 0 Å². The van der Waals surface area contributed by atoms with E-state index in [-0.39, 0.29) is 28.1 Å². The molecule has 0 saturated heterocycles. The van der Waals surface area contributed by atoms with Crippen molar-refractivity contribution >= 4 is 35.1 Å². The van der Waals surface area contributed by atoms with Gasteiger partial charge in [-0.1, -0.05) is 23.2 Å². The van der Waals surface area contributed by atoms with Crippen LogP contribution in [0.1, 0.15) is 26.7 Å². The lowest BCUT2D eigenvalue weighted by atomic mass is 10.3. The van der Waals surface area contributed by atoms with Crippen LogP contribution in [0.15, 0.2) is 28.8 Å². The molecule has 2 rings (SSSR count). The van der Waals surface area contributed by atoms with E-state index in [1.165, 1.54) is 31.5 Å². The van der Waals surface area contributed by atoms with Crippen LogP contribution in [0, 0.1) is 0 Å².